The van der Waals surface area contributed by atoms with E-state index < -0.39 is 29.8 Å². The van der Waals surface area contributed by atoms with Crippen LogP contribution in [0.2, 0.25) is 0 Å². The molecular formula is C16H21F2N3O2. The Hall–Kier alpha value is -1.71. The lowest BCUT2D eigenvalue weighted by atomic mass is 9.79. The van der Waals surface area contributed by atoms with E-state index in [1.807, 2.05) is 6.07 Å². The predicted octanol–water partition coefficient (Wildman–Crippen LogP) is 1.88. The van der Waals surface area contributed by atoms with Crippen LogP contribution >= 0.6 is 0 Å². The third-order valence-corrected chi connectivity index (χ3v) is 5.38. The molecule has 0 aromatic rings. The summed E-state index contributed by atoms with van der Waals surface area (Å²) >= 11 is 0. The van der Waals surface area contributed by atoms with Gasteiger partial charge in [-0.3, -0.25) is 9.59 Å². The number of carbonyl (C=O) groups excluding carboxylic acids is 2. The lowest BCUT2D eigenvalue weighted by Gasteiger charge is -2.27. The quantitative estimate of drug-likeness (QED) is 0.782. The molecule has 0 saturated heterocycles. The Morgan fingerprint density at radius 2 is 2.00 bits per heavy atom. The van der Waals surface area contributed by atoms with Crippen molar-refractivity contribution in [3.8, 4) is 6.07 Å². The van der Waals surface area contributed by atoms with Crippen LogP contribution in [0.3, 0.4) is 0 Å². The van der Waals surface area contributed by atoms with Crippen LogP contribution in [0.15, 0.2) is 0 Å². The number of rotatable bonds is 6. The molecule has 0 aromatic carbocycles. The van der Waals surface area contributed by atoms with Crippen LogP contribution in [-0.2, 0) is 9.59 Å². The van der Waals surface area contributed by atoms with Gasteiger partial charge in [-0.1, -0.05) is 6.42 Å². The molecule has 3 aliphatic carbocycles. The summed E-state index contributed by atoms with van der Waals surface area (Å²) in [5, 5.41) is 14.0. The number of hydrogen-bond donors (Lipinski definition) is 2. The Balaban J connectivity index is 1.62. The number of halogens is 2. The normalized spacial score (nSPS) is 27.3. The zero-order valence-corrected chi connectivity index (χ0v) is 13.1. The molecule has 0 aromatic heterocycles. The number of nitriles is 1. The molecule has 2 N–H and O–H groups in total. The van der Waals surface area contributed by atoms with E-state index in [0.717, 1.165) is 32.6 Å². The minimum Gasteiger partial charge on any atom is -0.344 e. The summed E-state index contributed by atoms with van der Waals surface area (Å²) in [5.74, 6) is -4.22. The molecule has 3 aliphatic rings. The maximum absolute atomic E-state index is 13.4. The molecular weight excluding hydrogens is 304 g/mol. The molecule has 0 aliphatic heterocycles. The van der Waals surface area contributed by atoms with Gasteiger partial charge in [0.2, 0.25) is 17.7 Å². The summed E-state index contributed by atoms with van der Waals surface area (Å²) in [5.41, 5.74) is -0.859. The first kappa shape index (κ1) is 16.2. The molecule has 23 heavy (non-hydrogen) atoms. The molecule has 0 bridgehead atoms. The van der Waals surface area contributed by atoms with E-state index in [1.54, 1.807) is 0 Å². The highest BCUT2D eigenvalue weighted by Crippen LogP contribution is 2.65. The average molecular weight is 325 g/mol. The number of alkyl halides is 2. The molecule has 0 heterocycles. The van der Waals surface area contributed by atoms with Gasteiger partial charge in [0.15, 0.2) is 0 Å². The highest BCUT2D eigenvalue weighted by molar-refractivity contribution is 5.90. The summed E-state index contributed by atoms with van der Waals surface area (Å²) in [6.45, 7) is 0.723. The Morgan fingerprint density at radius 3 is 2.39 bits per heavy atom. The van der Waals surface area contributed by atoms with Crippen molar-refractivity contribution in [1.82, 2.24) is 10.6 Å². The fraction of sp³-hybridized carbons (Fsp3) is 0.812. The van der Waals surface area contributed by atoms with Gasteiger partial charge in [-0.15, -0.1) is 0 Å². The molecule has 2 amide bonds. The molecule has 0 radical (unpaired) electrons. The molecule has 7 heteroatoms. The number of carbonyl (C=O) groups is 2. The van der Waals surface area contributed by atoms with Gasteiger partial charge in [0, 0.05) is 12.3 Å². The molecule has 2 atom stereocenters. The third kappa shape index (κ3) is 3.31. The van der Waals surface area contributed by atoms with Crippen molar-refractivity contribution in [3.05, 3.63) is 0 Å². The molecule has 3 saturated carbocycles. The number of nitrogens with zero attached hydrogens (tertiary/aromatic N) is 1. The van der Waals surface area contributed by atoms with Gasteiger partial charge >= 0.3 is 0 Å². The van der Waals surface area contributed by atoms with Crippen molar-refractivity contribution in [1.29, 1.82) is 5.26 Å². The van der Waals surface area contributed by atoms with E-state index >= 15 is 0 Å². The highest BCUT2D eigenvalue weighted by Gasteiger charge is 2.61. The summed E-state index contributed by atoms with van der Waals surface area (Å²) < 4.78 is 26.7. The summed E-state index contributed by atoms with van der Waals surface area (Å²) in [7, 11) is 0. The first-order chi connectivity index (χ1) is 10.7. The van der Waals surface area contributed by atoms with Crippen molar-refractivity contribution in [2.75, 3.05) is 0 Å². The SMILES string of the molecule is CC(F)(F)CC(NC(=O)C1CC12CCC2)C(=O)NC1(C#N)CC1. The van der Waals surface area contributed by atoms with Crippen LogP contribution < -0.4 is 10.6 Å². The Kier molecular flexibility index (Phi) is 3.62. The maximum atomic E-state index is 13.4. The van der Waals surface area contributed by atoms with Crippen molar-refractivity contribution >= 4 is 11.8 Å². The lowest BCUT2D eigenvalue weighted by molar-refractivity contribution is -0.132. The second-order valence-electron chi connectivity index (χ2n) is 7.49. The smallest absolute Gasteiger partial charge is 0.247 e. The Morgan fingerprint density at radius 1 is 1.35 bits per heavy atom. The third-order valence-electron chi connectivity index (χ3n) is 5.38. The molecule has 3 rings (SSSR count). The summed E-state index contributed by atoms with van der Waals surface area (Å²) in [6.07, 6.45) is 4.18. The largest absolute Gasteiger partial charge is 0.344 e. The fourth-order valence-electron chi connectivity index (χ4n) is 3.45. The first-order valence-corrected chi connectivity index (χ1v) is 8.10. The van der Waals surface area contributed by atoms with E-state index in [0.29, 0.717) is 12.8 Å². The van der Waals surface area contributed by atoms with E-state index in [1.165, 1.54) is 0 Å². The maximum Gasteiger partial charge on any atom is 0.247 e. The van der Waals surface area contributed by atoms with E-state index in [2.05, 4.69) is 10.6 Å². The molecule has 2 unspecified atom stereocenters. The van der Waals surface area contributed by atoms with Crippen molar-refractivity contribution < 1.29 is 18.4 Å². The van der Waals surface area contributed by atoms with Gasteiger partial charge in [0.25, 0.3) is 0 Å². The second kappa shape index (κ2) is 5.15. The fourth-order valence-corrected chi connectivity index (χ4v) is 3.45. The minimum atomic E-state index is -3.07. The summed E-state index contributed by atoms with van der Waals surface area (Å²) in [4.78, 5) is 24.5. The van der Waals surface area contributed by atoms with Gasteiger partial charge in [0.05, 0.1) is 6.07 Å². The van der Waals surface area contributed by atoms with E-state index in [4.69, 9.17) is 5.26 Å². The Bertz CT molecular complexity index is 571. The van der Waals surface area contributed by atoms with Crippen LogP contribution in [0.1, 0.15) is 51.9 Å². The molecule has 5 nitrogen and oxygen atoms in total. The summed E-state index contributed by atoms with van der Waals surface area (Å²) in [6, 6.07) is 0.689. The van der Waals surface area contributed by atoms with Crippen LogP contribution in [-0.4, -0.2) is 29.3 Å². The zero-order chi connectivity index (χ0) is 16.9. The van der Waals surface area contributed by atoms with Crippen LogP contribution in [0.4, 0.5) is 8.78 Å². The van der Waals surface area contributed by atoms with E-state index in [9.17, 15) is 18.4 Å². The highest BCUT2D eigenvalue weighted by atomic mass is 19.3. The van der Waals surface area contributed by atoms with Gasteiger partial charge in [0.1, 0.15) is 11.6 Å². The zero-order valence-electron chi connectivity index (χ0n) is 13.1. The van der Waals surface area contributed by atoms with Crippen molar-refractivity contribution in [3.63, 3.8) is 0 Å². The number of hydrogen-bond acceptors (Lipinski definition) is 3. The first-order valence-electron chi connectivity index (χ1n) is 8.10. The van der Waals surface area contributed by atoms with Crippen LogP contribution in [0.25, 0.3) is 0 Å². The van der Waals surface area contributed by atoms with Gasteiger partial charge in [-0.05, 0) is 44.4 Å². The Labute approximate surface area is 133 Å². The van der Waals surface area contributed by atoms with Gasteiger partial charge < -0.3 is 10.6 Å². The lowest BCUT2D eigenvalue weighted by Crippen LogP contribution is -2.52. The van der Waals surface area contributed by atoms with Gasteiger partial charge in [-0.2, -0.15) is 5.26 Å². The van der Waals surface area contributed by atoms with E-state index in [-0.39, 0.29) is 17.2 Å². The topological polar surface area (TPSA) is 82.0 Å². The number of amides is 2. The molecule has 1 spiro atoms. The number of nitrogens with one attached hydrogen (secondary N) is 2. The average Bonchev–Trinajstić information content (AvgIpc) is 3.29. The monoisotopic (exact) mass is 325 g/mol. The van der Waals surface area contributed by atoms with Crippen molar-refractivity contribution in [2.45, 2.75) is 69.4 Å². The molecule has 126 valence electrons. The van der Waals surface area contributed by atoms with Crippen molar-refractivity contribution in [2.24, 2.45) is 11.3 Å². The second-order valence-corrected chi connectivity index (χ2v) is 7.49. The predicted molar refractivity (Wildman–Crippen MR) is 77.3 cm³/mol. The van der Waals surface area contributed by atoms with Gasteiger partial charge in [-0.25, -0.2) is 8.78 Å². The van der Waals surface area contributed by atoms with Crippen LogP contribution in [0.5, 0.6) is 0 Å². The van der Waals surface area contributed by atoms with Crippen LogP contribution in [0, 0.1) is 22.7 Å². The minimum absolute atomic E-state index is 0.0736. The molecule has 3 fully saturated rings. The standard InChI is InChI=1S/C16H21F2N3O2/c1-14(17,18)8-11(13(23)21-16(9-19)5-6-16)20-12(22)10-7-15(10)3-2-4-15/h10-11H,2-8H2,1H3,(H,20,22)(H,21,23).